The minimum Gasteiger partial charge on any atom is -0.493 e. The molecule has 1 aliphatic rings. The van der Waals surface area contributed by atoms with Crippen molar-refractivity contribution >= 4 is 41.1 Å². The number of carbonyl (C=O) groups is 1. The highest BCUT2D eigenvalue weighted by Crippen LogP contribution is 2.38. The third-order valence-electron chi connectivity index (χ3n) is 4.58. The number of esters is 1. The summed E-state index contributed by atoms with van der Waals surface area (Å²) in [4.78, 5) is 16.4. The number of ether oxygens (including phenoxy) is 3. The van der Waals surface area contributed by atoms with Crippen molar-refractivity contribution in [3.63, 3.8) is 0 Å². The Bertz CT molecular complexity index is 1260. The maximum Gasteiger partial charge on any atom is 0.363 e. The Kier molecular flexibility index (Phi) is 6.44. The number of halogens is 3. The van der Waals surface area contributed by atoms with Gasteiger partial charge < -0.3 is 14.2 Å². The topological polar surface area (TPSA) is 57.1 Å². The summed E-state index contributed by atoms with van der Waals surface area (Å²) in [6.45, 7) is 0.198. The molecule has 1 aliphatic heterocycles. The Morgan fingerprint density at radius 3 is 2.62 bits per heavy atom. The zero-order chi connectivity index (χ0) is 22.7. The van der Waals surface area contributed by atoms with E-state index in [0.717, 1.165) is 5.56 Å². The molecule has 0 fully saturated rings. The molecule has 3 aromatic rings. The molecule has 0 aliphatic carbocycles. The Morgan fingerprint density at radius 1 is 1.06 bits per heavy atom. The number of carbonyl (C=O) groups excluding carboxylic acids is 1. The molecule has 8 heteroatoms. The predicted octanol–water partition coefficient (Wildman–Crippen LogP) is 6.06. The van der Waals surface area contributed by atoms with E-state index in [2.05, 4.69) is 4.99 Å². The zero-order valence-corrected chi connectivity index (χ0v) is 18.3. The van der Waals surface area contributed by atoms with Gasteiger partial charge in [0.15, 0.2) is 17.2 Å². The number of rotatable bonds is 6. The van der Waals surface area contributed by atoms with Gasteiger partial charge in [-0.2, -0.15) is 0 Å². The summed E-state index contributed by atoms with van der Waals surface area (Å²) < 4.78 is 29.9. The van der Waals surface area contributed by atoms with Gasteiger partial charge in [0.05, 0.1) is 12.1 Å². The molecule has 1 heterocycles. The van der Waals surface area contributed by atoms with Crippen molar-refractivity contribution in [2.45, 2.75) is 6.61 Å². The van der Waals surface area contributed by atoms with Crippen LogP contribution in [-0.2, 0) is 16.1 Å². The quantitative estimate of drug-likeness (QED) is 0.323. The van der Waals surface area contributed by atoms with Gasteiger partial charge in [-0.1, -0.05) is 47.5 Å². The van der Waals surface area contributed by atoms with E-state index in [0.29, 0.717) is 27.6 Å². The summed E-state index contributed by atoms with van der Waals surface area (Å²) in [6, 6.07) is 16.2. The van der Waals surface area contributed by atoms with E-state index in [1.54, 1.807) is 24.3 Å². The van der Waals surface area contributed by atoms with Crippen molar-refractivity contribution in [3.05, 3.63) is 98.9 Å². The molecule has 5 nitrogen and oxygen atoms in total. The monoisotopic (exact) mass is 471 g/mol. The van der Waals surface area contributed by atoms with Crippen molar-refractivity contribution in [1.82, 2.24) is 0 Å². The van der Waals surface area contributed by atoms with Crippen LogP contribution in [-0.4, -0.2) is 19.0 Å². The highest BCUT2D eigenvalue weighted by atomic mass is 35.5. The van der Waals surface area contributed by atoms with Gasteiger partial charge >= 0.3 is 5.97 Å². The van der Waals surface area contributed by atoms with Crippen LogP contribution in [0.2, 0.25) is 10.0 Å². The number of cyclic esters (lactones) is 1. The Balaban J connectivity index is 1.60. The van der Waals surface area contributed by atoms with Crippen LogP contribution in [0.1, 0.15) is 16.7 Å². The van der Waals surface area contributed by atoms with Gasteiger partial charge in [-0.05, 0) is 48.0 Å². The molecule has 3 aromatic carbocycles. The van der Waals surface area contributed by atoms with Crippen LogP contribution in [0.25, 0.3) is 6.08 Å². The van der Waals surface area contributed by atoms with Crippen molar-refractivity contribution in [2.75, 3.05) is 7.11 Å². The van der Waals surface area contributed by atoms with Gasteiger partial charge in [-0.25, -0.2) is 14.2 Å². The van der Waals surface area contributed by atoms with Crippen LogP contribution >= 0.6 is 23.2 Å². The number of hydrogen-bond acceptors (Lipinski definition) is 5. The van der Waals surface area contributed by atoms with Crippen LogP contribution in [0.3, 0.4) is 0 Å². The maximum absolute atomic E-state index is 13.5. The fourth-order valence-electron chi connectivity index (χ4n) is 3.04. The smallest absolute Gasteiger partial charge is 0.363 e. The SMILES string of the molecule is COc1cc(/C=C2\N=C(c3cccc(F)c3)OC2=O)cc(Cl)c1OCc1ccccc1Cl. The van der Waals surface area contributed by atoms with Crippen LogP contribution in [0.15, 0.2) is 71.4 Å². The van der Waals surface area contributed by atoms with E-state index in [4.69, 9.17) is 37.4 Å². The number of methoxy groups -OCH3 is 1. The van der Waals surface area contributed by atoms with Gasteiger partial charge in [0, 0.05) is 16.1 Å². The van der Waals surface area contributed by atoms with Gasteiger partial charge in [0.1, 0.15) is 12.4 Å². The zero-order valence-electron chi connectivity index (χ0n) is 16.8. The molecule has 0 saturated carbocycles. The molecule has 0 radical (unpaired) electrons. The molecule has 0 N–H and O–H groups in total. The molecular weight excluding hydrogens is 456 g/mol. The molecule has 0 bridgehead atoms. The second kappa shape index (κ2) is 9.42. The summed E-state index contributed by atoms with van der Waals surface area (Å²) >= 11 is 12.6. The number of benzene rings is 3. The summed E-state index contributed by atoms with van der Waals surface area (Å²) in [5.41, 5.74) is 1.76. The van der Waals surface area contributed by atoms with E-state index in [1.165, 1.54) is 31.4 Å². The fourth-order valence-corrected chi connectivity index (χ4v) is 3.50. The Labute approximate surface area is 193 Å². The lowest BCUT2D eigenvalue weighted by atomic mass is 10.1. The molecule has 0 spiro atoms. The molecular formula is C24H16Cl2FNO4. The van der Waals surface area contributed by atoms with Crippen LogP contribution in [0, 0.1) is 5.82 Å². The average Bonchev–Trinajstić information content (AvgIpc) is 3.14. The second-order valence-corrected chi connectivity index (χ2v) is 7.57. The largest absolute Gasteiger partial charge is 0.493 e. The van der Waals surface area contributed by atoms with E-state index in [-0.39, 0.29) is 23.2 Å². The normalized spacial score (nSPS) is 14.3. The van der Waals surface area contributed by atoms with Gasteiger partial charge in [0.2, 0.25) is 5.90 Å². The first kappa shape index (κ1) is 21.9. The number of hydrogen-bond donors (Lipinski definition) is 0. The standard InChI is InChI=1S/C24H16Cl2FNO4/c1-30-21-11-14(9-19(26)22(21)31-13-16-5-2-3-8-18(16)25)10-20-24(29)32-23(28-20)15-6-4-7-17(27)12-15/h2-12H,13H2,1H3/b20-10-. The minimum absolute atomic E-state index is 0.0264. The highest BCUT2D eigenvalue weighted by molar-refractivity contribution is 6.32. The maximum atomic E-state index is 13.5. The third-order valence-corrected chi connectivity index (χ3v) is 5.23. The van der Waals surface area contributed by atoms with Crippen LogP contribution in [0.5, 0.6) is 11.5 Å². The highest BCUT2D eigenvalue weighted by Gasteiger charge is 2.25. The summed E-state index contributed by atoms with van der Waals surface area (Å²) in [6.07, 6.45) is 1.50. The lowest BCUT2D eigenvalue weighted by Gasteiger charge is -2.14. The first-order valence-corrected chi connectivity index (χ1v) is 10.2. The first-order valence-electron chi connectivity index (χ1n) is 9.47. The van der Waals surface area contributed by atoms with E-state index >= 15 is 0 Å². The summed E-state index contributed by atoms with van der Waals surface area (Å²) in [5.74, 6) is -0.370. The van der Waals surface area contributed by atoms with Crippen LogP contribution in [0.4, 0.5) is 4.39 Å². The van der Waals surface area contributed by atoms with Gasteiger partial charge in [-0.15, -0.1) is 0 Å². The lowest BCUT2D eigenvalue weighted by molar-refractivity contribution is -0.129. The van der Waals surface area contributed by atoms with E-state index in [9.17, 15) is 9.18 Å². The second-order valence-electron chi connectivity index (χ2n) is 6.76. The Hall–Kier alpha value is -3.35. The molecule has 0 amide bonds. The van der Waals surface area contributed by atoms with Crippen molar-refractivity contribution in [2.24, 2.45) is 4.99 Å². The summed E-state index contributed by atoms with van der Waals surface area (Å²) in [5, 5.41) is 0.861. The molecule has 4 rings (SSSR count). The average molecular weight is 472 g/mol. The molecule has 0 saturated heterocycles. The first-order chi connectivity index (χ1) is 15.4. The van der Waals surface area contributed by atoms with Crippen molar-refractivity contribution in [1.29, 1.82) is 0 Å². The van der Waals surface area contributed by atoms with Crippen molar-refractivity contribution < 1.29 is 23.4 Å². The molecule has 32 heavy (non-hydrogen) atoms. The predicted molar refractivity (Wildman–Crippen MR) is 121 cm³/mol. The van der Waals surface area contributed by atoms with E-state index < -0.39 is 11.8 Å². The molecule has 0 atom stereocenters. The molecule has 162 valence electrons. The van der Waals surface area contributed by atoms with E-state index in [1.807, 2.05) is 18.2 Å². The summed E-state index contributed by atoms with van der Waals surface area (Å²) in [7, 11) is 1.48. The minimum atomic E-state index is -0.654. The fraction of sp³-hybridized carbons (Fsp3) is 0.0833. The van der Waals surface area contributed by atoms with Gasteiger partial charge in [0.25, 0.3) is 0 Å². The van der Waals surface area contributed by atoms with Gasteiger partial charge in [-0.3, -0.25) is 0 Å². The number of aliphatic imine (C=N–C) groups is 1. The molecule has 0 unspecified atom stereocenters. The van der Waals surface area contributed by atoms with Crippen molar-refractivity contribution in [3.8, 4) is 11.5 Å². The Morgan fingerprint density at radius 2 is 1.88 bits per heavy atom. The third kappa shape index (κ3) is 4.77. The lowest BCUT2D eigenvalue weighted by Crippen LogP contribution is -2.05. The number of nitrogens with zero attached hydrogens (tertiary/aromatic N) is 1. The molecule has 0 aromatic heterocycles. The van der Waals surface area contributed by atoms with Crippen LogP contribution < -0.4 is 9.47 Å².